The summed E-state index contributed by atoms with van der Waals surface area (Å²) >= 11 is 0. The van der Waals surface area contributed by atoms with Crippen molar-refractivity contribution in [3.8, 4) is 5.75 Å². The Morgan fingerprint density at radius 1 is 1.31 bits per heavy atom. The molecule has 2 atom stereocenters. The van der Waals surface area contributed by atoms with Crippen LogP contribution in [0.15, 0.2) is 24.3 Å². The molecule has 0 aliphatic carbocycles. The maximum absolute atomic E-state index is 12.8. The molecule has 0 saturated carbocycles. The van der Waals surface area contributed by atoms with E-state index < -0.39 is 5.60 Å². The van der Waals surface area contributed by atoms with Crippen molar-refractivity contribution < 1.29 is 14.3 Å². The molecule has 1 aliphatic heterocycles. The second-order valence-corrected chi connectivity index (χ2v) is 8.99. The number of likely N-dealkylation sites (tertiary alicyclic amines) is 1. The van der Waals surface area contributed by atoms with E-state index in [2.05, 4.69) is 31.0 Å². The number of ether oxygens (including phenoxy) is 2. The van der Waals surface area contributed by atoms with Crippen molar-refractivity contribution in [3.63, 3.8) is 0 Å². The van der Waals surface area contributed by atoms with Crippen LogP contribution in [0.1, 0.15) is 60.3 Å². The molecule has 1 fully saturated rings. The molecule has 5 nitrogen and oxygen atoms in total. The zero-order chi connectivity index (χ0) is 21.3. The highest BCUT2D eigenvalue weighted by atomic mass is 16.5. The third-order valence-electron chi connectivity index (χ3n) is 5.48. The van der Waals surface area contributed by atoms with E-state index >= 15 is 0 Å². The van der Waals surface area contributed by atoms with Crippen LogP contribution >= 0.6 is 0 Å². The molecule has 0 radical (unpaired) electrons. The monoisotopic (exact) mass is 404 g/mol. The van der Waals surface area contributed by atoms with Crippen LogP contribution in [0.25, 0.3) is 0 Å². The molecule has 5 heteroatoms. The molecule has 1 heterocycles. The van der Waals surface area contributed by atoms with Gasteiger partial charge in [0, 0.05) is 25.4 Å². The summed E-state index contributed by atoms with van der Waals surface area (Å²) in [5.41, 5.74) is -0.0522. The molecular formula is C24H40N2O3. The predicted octanol–water partition coefficient (Wildman–Crippen LogP) is 4.97. The number of amides is 1. The normalized spacial score (nSPS) is 19.7. The standard InChI is InChI=1S/C24H40N2O3/c1-6-29-24(5,17-19(2)3)23(27)25-21-10-12-22(13-11-21)28-16-8-15-26-14-7-9-20(4)18-26/h10-13,19-20H,6-9,14-18H2,1-5H3,(H,25,27)/t20-,24-/m0/s1. The van der Waals surface area contributed by atoms with Gasteiger partial charge in [-0.3, -0.25) is 4.79 Å². The van der Waals surface area contributed by atoms with E-state index in [9.17, 15) is 4.79 Å². The van der Waals surface area contributed by atoms with Crippen LogP contribution in [0.4, 0.5) is 5.69 Å². The van der Waals surface area contributed by atoms with Crippen molar-refractivity contribution in [2.24, 2.45) is 11.8 Å². The summed E-state index contributed by atoms with van der Waals surface area (Å²) in [6.07, 6.45) is 4.39. The van der Waals surface area contributed by atoms with Crippen LogP contribution in [-0.2, 0) is 9.53 Å². The second kappa shape index (κ2) is 11.6. The number of nitrogens with one attached hydrogen (secondary N) is 1. The number of nitrogens with zero attached hydrogens (tertiary/aromatic N) is 1. The zero-order valence-corrected chi connectivity index (χ0v) is 19.0. The fraction of sp³-hybridized carbons (Fsp3) is 0.708. The number of hydrogen-bond acceptors (Lipinski definition) is 4. The molecule has 1 saturated heterocycles. The molecule has 1 amide bonds. The van der Waals surface area contributed by atoms with Crippen LogP contribution in [0, 0.1) is 11.8 Å². The van der Waals surface area contributed by atoms with Gasteiger partial charge in [-0.2, -0.15) is 0 Å². The molecule has 1 aliphatic rings. The van der Waals surface area contributed by atoms with E-state index in [4.69, 9.17) is 9.47 Å². The zero-order valence-electron chi connectivity index (χ0n) is 19.0. The van der Waals surface area contributed by atoms with E-state index in [1.165, 1.54) is 25.9 Å². The Morgan fingerprint density at radius 3 is 2.66 bits per heavy atom. The summed E-state index contributed by atoms with van der Waals surface area (Å²) in [5, 5.41) is 2.99. The van der Waals surface area contributed by atoms with Gasteiger partial charge in [-0.1, -0.05) is 20.8 Å². The largest absolute Gasteiger partial charge is 0.494 e. The third kappa shape index (κ3) is 7.98. The van der Waals surface area contributed by atoms with Gasteiger partial charge in [0.25, 0.3) is 5.91 Å². The number of carbonyl (C=O) groups excluding carboxylic acids is 1. The van der Waals surface area contributed by atoms with Gasteiger partial charge in [-0.05, 0) is 82.2 Å². The second-order valence-electron chi connectivity index (χ2n) is 8.99. The fourth-order valence-corrected chi connectivity index (χ4v) is 4.18. The summed E-state index contributed by atoms with van der Waals surface area (Å²) in [4.78, 5) is 15.3. The van der Waals surface area contributed by atoms with Crippen molar-refractivity contribution in [2.45, 2.75) is 65.9 Å². The van der Waals surface area contributed by atoms with Gasteiger partial charge >= 0.3 is 0 Å². The number of rotatable bonds is 11. The molecule has 164 valence electrons. The molecular weight excluding hydrogens is 364 g/mol. The Morgan fingerprint density at radius 2 is 2.03 bits per heavy atom. The van der Waals surface area contributed by atoms with Crippen LogP contribution in [0.2, 0.25) is 0 Å². The van der Waals surface area contributed by atoms with Crippen LogP contribution in [0.3, 0.4) is 0 Å². The lowest BCUT2D eigenvalue weighted by molar-refractivity contribution is -0.140. The van der Waals surface area contributed by atoms with Crippen molar-refractivity contribution in [3.05, 3.63) is 24.3 Å². The van der Waals surface area contributed by atoms with E-state index in [-0.39, 0.29) is 5.91 Å². The number of carbonyl (C=O) groups is 1. The summed E-state index contributed by atoms with van der Waals surface area (Å²) in [7, 11) is 0. The average molecular weight is 405 g/mol. The van der Waals surface area contributed by atoms with Gasteiger partial charge in [-0.25, -0.2) is 0 Å². The van der Waals surface area contributed by atoms with Crippen LogP contribution in [-0.4, -0.2) is 49.3 Å². The lowest BCUT2D eigenvalue weighted by atomic mass is 9.93. The summed E-state index contributed by atoms with van der Waals surface area (Å²) in [6, 6.07) is 7.61. The first kappa shape index (κ1) is 23.7. The minimum Gasteiger partial charge on any atom is -0.494 e. The molecule has 2 rings (SSSR count). The Bertz CT molecular complexity index is 617. The highest BCUT2D eigenvalue weighted by molar-refractivity contribution is 5.97. The molecule has 29 heavy (non-hydrogen) atoms. The van der Waals surface area contributed by atoms with Crippen molar-refractivity contribution >= 4 is 11.6 Å². The number of piperidine rings is 1. The predicted molar refractivity (Wildman–Crippen MR) is 120 cm³/mol. The summed E-state index contributed by atoms with van der Waals surface area (Å²) in [5.74, 6) is 1.93. The Balaban J connectivity index is 1.78. The third-order valence-corrected chi connectivity index (χ3v) is 5.48. The number of hydrogen-bond donors (Lipinski definition) is 1. The maximum atomic E-state index is 12.8. The van der Waals surface area contributed by atoms with Gasteiger partial charge in [-0.15, -0.1) is 0 Å². The highest BCUT2D eigenvalue weighted by Crippen LogP contribution is 2.24. The summed E-state index contributed by atoms with van der Waals surface area (Å²) < 4.78 is 11.7. The molecule has 0 aromatic heterocycles. The molecule has 1 aromatic rings. The lowest BCUT2D eigenvalue weighted by Crippen LogP contribution is -2.43. The summed E-state index contributed by atoms with van der Waals surface area (Å²) in [6.45, 7) is 15.1. The fourth-order valence-electron chi connectivity index (χ4n) is 4.18. The molecule has 0 bridgehead atoms. The van der Waals surface area contributed by atoms with Gasteiger partial charge in [0.1, 0.15) is 11.4 Å². The topological polar surface area (TPSA) is 50.8 Å². The quantitative estimate of drug-likeness (QED) is 0.529. The first-order chi connectivity index (χ1) is 13.8. The van der Waals surface area contributed by atoms with Crippen molar-refractivity contribution in [1.29, 1.82) is 0 Å². The number of benzene rings is 1. The Kier molecular flexibility index (Phi) is 9.44. The van der Waals surface area contributed by atoms with Crippen molar-refractivity contribution in [1.82, 2.24) is 4.90 Å². The molecule has 1 aromatic carbocycles. The van der Waals surface area contributed by atoms with Gasteiger partial charge in [0.15, 0.2) is 0 Å². The van der Waals surface area contributed by atoms with E-state index in [1.54, 1.807) is 0 Å². The molecule has 0 unspecified atom stereocenters. The molecule has 0 spiro atoms. The minimum absolute atomic E-state index is 0.0996. The SMILES string of the molecule is CCO[C@@](C)(CC(C)C)C(=O)Nc1ccc(OCCCN2CCC[C@H](C)C2)cc1. The van der Waals surface area contributed by atoms with Gasteiger partial charge in [0.2, 0.25) is 0 Å². The highest BCUT2D eigenvalue weighted by Gasteiger charge is 2.34. The van der Waals surface area contributed by atoms with E-state index in [0.717, 1.165) is 30.3 Å². The van der Waals surface area contributed by atoms with E-state index in [1.807, 2.05) is 38.1 Å². The molecule has 1 N–H and O–H groups in total. The first-order valence-electron chi connectivity index (χ1n) is 11.2. The van der Waals surface area contributed by atoms with Crippen LogP contribution < -0.4 is 10.1 Å². The van der Waals surface area contributed by atoms with E-state index in [0.29, 0.717) is 25.6 Å². The average Bonchev–Trinajstić information content (AvgIpc) is 2.66. The Labute approximate surface area is 177 Å². The maximum Gasteiger partial charge on any atom is 0.256 e. The number of anilines is 1. The smallest absolute Gasteiger partial charge is 0.256 e. The van der Waals surface area contributed by atoms with Crippen molar-refractivity contribution in [2.75, 3.05) is 38.2 Å². The Hall–Kier alpha value is -1.59. The first-order valence-corrected chi connectivity index (χ1v) is 11.2. The lowest BCUT2D eigenvalue weighted by Gasteiger charge is -2.30. The van der Waals surface area contributed by atoms with Crippen LogP contribution in [0.5, 0.6) is 5.75 Å². The van der Waals surface area contributed by atoms with Gasteiger partial charge < -0.3 is 19.7 Å². The van der Waals surface area contributed by atoms with Gasteiger partial charge in [0.05, 0.1) is 6.61 Å². The minimum atomic E-state index is -0.815.